The van der Waals surface area contributed by atoms with E-state index in [2.05, 4.69) is 78.3 Å². The molecule has 0 aromatic heterocycles. The van der Waals surface area contributed by atoms with Crippen LogP contribution >= 0.6 is 0 Å². The molecule has 6 unspecified atom stereocenters. The number of ether oxygens (including phenoxy) is 13. The summed E-state index contributed by atoms with van der Waals surface area (Å²) in [4.78, 5) is 86.8. The first-order valence-corrected chi connectivity index (χ1v) is 37.4. The smallest absolute Gasteiger partial charge is 0.306 e. The van der Waals surface area contributed by atoms with E-state index in [0.29, 0.717) is 70.1 Å². The number of ketones is 1. The summed E-state index contributed by atoms with van der Waals surface area (Å²) < 4.78 is 77.4. The zero-order valence-corrected chi connectivity index (χ0v) is 62.5. The van der Waals surface area contributed by atoms with Crippen LogP contribution in [0.4, 0.5) is 0 Å². The summed E-state index contributed by atoms with van der Waals surface area (Å²) >= 11 is 0. The molecule has 3 fully saturated rings. The van der Waals surface area contributed by atoms with Crippen LogP contribution in [0, 0.1) is 53.3 Å². The molecular weight excluding hydrogens is 1270 g/mol. The molecule has 0 aliphatic carbocycles. The zero-order valence-electron chi connectivity index (χ0n) is 62.5. The molecule has 4 rings (SSSR count). The van der Waals surface area contributed by atoms with Crippen LogP contribution in [0.1, 0.15) is 211 Å². The second kappa shape index (κ2) is 49.8. The molecule has 1 aromatic rings. The van der Waals surface area contributed by atoms with Crippen LogP contribution in [-0.4, -0.2) is 183 Å². The molecular formula is C76H129N3O20. The third kappa shape index (κ3) is 35.4. The molecule has 23 nitrogen and oxygen atoms in total. The van der Waals surface area contributed by atoms with Crippen molar-refractivity contribution in [3.8, 4) is 0 Å². The highest BCUT2D eigenvalue weighted by Gasteiger charge is 2.43. The Kier molecular flexibility index (Phi) is 43.7. The minimum absolute atomic E-state index is 0.0652. The van der Waals surface area contributed by atoms with E-state index in [1.54, 1.807) is 0 Å². The number of rotatable bonds is 53. The number of benzene rings is 1. The highest BCUT2D eigenvalue weighted by molar-refractivity contribution is 5.78. The van der Waals surface area contributed by atoms with Gasteiger partial charge in [-0.3, -0.25) is 33.6 Å². The molecule has 23 heteroatoms. The van der Waals surface area contributed by atoms with Crippen LogP contribution in [0.5, 0.6) is 0 Å². The van der Waals surface area contributed by atoms with Crippen LogP contribution in [-0.2, 0) is 102 Å². The Morgan fingerprint density at radius 1 is 0.384 bits per heavy atom. The van der Waals surface area contributed by atoms with Crippen LogP contribution in [0.25, 0.3) is 0 Å². The highest BCUT2D eigenvalue weighted by Crippen LogP contribution is 2.38. The largest absolute Gasteiger partial charge is 0.463 e. The summed E-state index contributed by atoms with van der Waals surface area (Å²) in [5.41, 5.74) is -0.0990. The molecule has 99 heavy (non-hydrogen) atoms. The van der Waals surface area contributed by atoms with Crippen molar-refractivity contribution in [3.63, 3.8) is 0 Å². The Morgan fingerprint density at radius 3 is 1.16 bits per heavy atom. The van der Waals surface area contributed by atoms with Crippen LogP contribution < -0.4 is 16.0 Å². The van der Waals surface area contributed by atoms with E-state index >= 15 is 0 Å². The summed E-state index contributed by atoms with van der Waals surface area (Å²) in [5.74, 6) is 0.802. The lowest BCUT2D eigenvalue weighted by molar-refractivity contribution is -0.255. The Hall–Kier alpha value is -4.69. The quantitative estimate of drug-likeness (QED) is 0.0310. The number of hydrogen-bond acceptors (Lipinski definition) is 21. The highest BCUT2D eigenvalue weighted by atomic mass is 16.7. The number of unbranched alkanes of at least 4 members (excludes halogenated alkanes) is 10. The van der Waals surface area contributed by atoms with E-state index in [0.717, 1.165) is 89.0 Å². The SMILES string of the molecule is CC(=O)OCC1O[C@@H](OCCCCCCCC(=O)CCOCC(COCCC(=O)NCCCCCCO[C@@H]2OC(COC(C)=O)[C@H](C)[C@H](C)C2C)(COCCC(=O)NCCCCCCO[C@@H]2OC(COC(C)=O)[C@H](C)[C@H](C)C2C)NCCCC(=O)OCc2ccccc2)C(C)[C@@H](C)[C@H]1C. The van der Waals surface area contributed by atoms with Crippen molar-refractivity contribution in [2.45, 2.75) is 254 Å². The van der Waals surface area contributed by atoms with Crippen LogP contribution in [0.15, 0.2) is 30.3 Å². The zero-order chi connectivity index (χ0) is 72.4. The molecule has 2 amide bonds. The number of esters is 4. The van der Waals surface area contributed by atoms with Crippen LogP contribution in [0.3, 0.4) is 0 Å². The van der Waals surface area contributed by atoms with Gasteiger partial charge in [0.05, 0.1) is 63.5 Å². The molecule has 0 spiro atoms. The maximum Gasteiger partial charge on any atom is 0.306 e. The van der Waals surface area contributed by atoms with Gasteiger partial charge >= 0.3 is 23.9 Å². The second-order valence-corrected chi connectivity index (χ2v) is 28.3. The van der Waals surface area contributed by atoms with Crippen molar-refractivity contribution in [3.05, 3.63) is 35.9 Å². The van der Waals surface area contributed by atoms with Gasteiger partial charge in [-0.05, 0) is 92.6 Å². The fraction of sp³-hybridized carbons (Fsp3) is 0.829. The fourth-order valence-corrected chi connectivity index (χ4v) is 12.7. The number of hydrogen-bond donors (Lipinski definition) is 3. The summed E-state index contributed by atoms with van der Waals surface area (Å²) in [6.45, 7) is 28.0. The van der Waals surface area contributed by atoms with Crippen molar-refractivity contribution >= 4 is 41.5 Å². The van der Waals surface area contributed by atoms with E-state index in [1.165, 1.54) is 20.8 Å². The summed E-state index contributed by atoms with van der Waals surface area (Å²) in [6, 6.07) is 9.49. The normalized spacial score (nSPS) is 26.0. The van der Waals surface area contributed by atoms with E-state index in [9.17, 15) is 33.6 Å². The van der Waals surface area contributed by atoms with Gasteiger partial charge in [0.25, 0.3) is 0 Å². The molecule has 3 aliphatic heterocycles. The standard InChI is InChI=1S/C76H129N3O20/c1-53-56(4)67(47-93-62(10)80)97-73(59(53)7)90-40-26-17-13-14-23-32-66(83)34-43-87-50-76(79-39-29-33-72(86)96-46-65-30-21-20-22-31-65,51-88-44-35-70(84)77-37-24-15-18-27-41-91-74-60(8)54(2)57(5)68(98-74)48-94-63(11)81)52-89-45-36-71(85)78-38-25-16-19-28-42-92-75-61(9)55(3)58(6)69(99-75)49-95-64(12)82/h20-22,30-31,53-61,67-69,73-75,79H,13-19,23-29,32-52H2,1-12H3,(H,77,84)(H,78,85)/t53-,54-,55-,56+,57+,58+,59?,60?,61?,67?,68?,69?,73+,74+,75+,76?/m0/s1. The topological polar surface area (TPSA) is 276 Å². The maximum absolute atomic E-state index is 13.2. The number of carbonyl (C=O) groups is 7. The third-order valence-electron chi connectivity index (χ3n) is 20.4. The Bertz CT molecular complexity index is 2220. The first-order valence-electron chi connectivity index (χ1n) is 37.4. The summed E-state index contributed by atoms with van der Waals surface area (Å²) in [6.07, 6.45) is 11.1. The molecule has 3 aliphatic rings. The molecule has 3 heterocycles. The summed E-state index contributed by atoms with van der Waals surface area (Å²) in [5, 5.41) is 9.59. The van der Waals surface area contributed by atoms with E-state index in [1.807, 2.05) is 30.3 Å². The number of Topliss-reactive ketones (excluding diaryl/α,β-unsaturated/α-hetero) is 1. The fourth-order valence-electron chi connectivity index (χ4n) is 12.7. The Morgan fingerprint density at radius 2 is 0.758 bits per heavy atom. The minimum atomic E-state index is -0.989. The molecule has 0 radical (unpaired) electrons. The van der Waals surface area contributed by atoms with Gasteiger partial charge in [0.2, 0.25) is 11.8 Å². The Balaban J connectivity index is 1.26. The van der Waals surface area contributed by atoms with Gasteiger partial charge < -0.3 is 77.5 Å². The molecule has 0 saturated carbocycles. The summed E-state index contributed by atoms with van der Waals surface area (Å²) in [7, 11) is 0. The molecule has 568 valence electrons. The molecule has 0 bridgehead atoms. The number of nitrogens with one attached hydrogen (secondary N) is 3. The lowest BCUT2D eigenvalue weighted by atomic mass is 9.79. The minimum Gasteiger partial charge on any atom is -0.463 e. The van der Waals surface area contributed by atoms with Crippen molar-refractivity contribution in [1.82, 2.24) is 16.0 Å². The van der Waals surface area contributed by atoms with Gasteiger partial charge in [-0.25, -0.2) is 0 Å². The predicted octanol–water partition coefficient (Wildman–Crippen LogP) is 11.0. The monoisotopic (exact) mass is 1400 g/mol. The number of amides is 2. The van der Waals surface area contributed by atoms with Crippen molar-refractivity contribution in [2.24, 2.45) is 53.3 Å². The van der Waals surface area contributed by atoms with Gasteiger partial charge in [0, 0.05) is 104 Å². The van der Waals surface area contributed by atoms with E-state index in [-0.39, 0.29) is 206 Å². The van der Waals surface area contributed by atoms with Gasteiger partial charge in [-0.1, -0.05) is 138 Å². The Labute approximate surface area is 592 Å². The predicted molar refractivity (Wildman–Crippen MR) is 374 cm³/mol. The first-order chi connectivity index (χ1) is 47.5. The average Bonchev–Trinajstić information content (AvgIpc) is 0.849. The molecule has 15 atom stereocenters. The number of carbonyl (C=O) groups excluding carboxylic acids is 7. The van der Waals surface area contributed by atoms with E-state index in [4.69, 9.17) is 61.6 Å². The van der Waals surface area contributed by atoms with Gasteiger partial charge in [0.1, 0.15) is 32.2 Å². The van der Waals surface area contributed by atoms with Gasteiger partial charge in [-0.15, -0.1) is 0 Å². The van der Waals surface area contributed by atoms with Crippen molar-refractivity contribution in [1.29, 1.82) is 0 Å². The van der Waals surface area contributed by atoms with Crippen LogP contribution in [0.2, 0.25) is 0 Å². The van der Waals surface area contributed by atoms with Gasteiger partial charge in [-0.2, -0.15) is 0 Å². The van der Waals surface area contributed by atoms with Gasteiger partial charge in [0.15, 0.2) is 18.9 Å². The lowest BCUT2D eigenvalue weighted by Gasteiger charge is -2.43. The van der Waals surface area contributed by atoms with Crippen molar-refractivity contribution in [2.75, 3.05) is 98.9 Å². The van der Waals surface area contributed by atoms with E-state index < -0.39 is 5.54 Å². The third-order valence-corrected chi connectivity index (χ3v) is 20.4. The average molecular weight is 1400 g/mol. The molecule has 3 N–H and O–H groups in total. The molecule has 3 saturated heterocycles. The maximum atomic E-state index is 13.2. The second-order valence-electron chi connectivity index (χ2n) is 28.3. The van der Waals surface area contributed by atoms with Crippen molar-refractivity contribution < 1.29 is 95.1 Å². The lowest BCUT2D eigenvalue weighted by Crippen LogP contribution is -2.57. The molecule has 1 aromatic carbocycles. The first kappa shape index (κ1) is 86.7.